The van der Waals surface area contributed by atoms with Crippen LogP contribution in [0.3, 0.4) is 0 Å². The normalized spacial score (nSPS) is 12.3. The molecule has 0 saturated carbocycles. The molecule has 100 valence electrons. The first-order chi connectivity index (χ1) is 9.02. The van der Waals surface area contributed by atoms with Gasteiger partial charge < -0.3 is 10.6 Å². The molecule has 0 bridgehead atoms. The number of halogens is 2. The van der Waals surface area contributed by atoms with Gasteiger partial charge in [0.2, 0.25) is 0 Å². The summed E-state index contributed by atoms with van der Waals surface area (Å²) < 4.78 is 27.7. The Labute approximate surface area is 111 Å². The quantitative estimate of drug-likeness (QED) is 0.912. The highest BCUT2D eigenvalue weighted by molar-refractivity contribution is 5.67. The van der Waals surface area contributed by atoms with Crippen molar-refractivity contribution in [1.82, 2.24) is 0 Å². The van der Waals surface area contributed by atoms with Crippen LogP contribution in [0.4, 0.5) is 20.2 Å². The van der Waals surface area contributed by atoms with E-state index in [1.165, 1.54) is 12.1 Å². The molecule has 0 radical (unpaired) electrons. The zero-order valence-corrected chi connectivity index (χ0v) is 10.9. The van der Waals surface area contributed by atoms with Gasteiger partial charge in [-0.1, -0.05) is 18.2 Å². The van der Waals surface area contributed by atoms with Gasteiger partial charge in [-0.2, -0.15) is 0 Å². The summed E-state index contributed by atoms with van der Waals surface area (Å²) in [5, 5.41) is 0. The molecule has 0 aromatic heterocycles. The Morgan fingerprint density at radius 1 is 0.947 bits per heavy atom. The third-order valence-electron chi connectivity index (χ3n) is 3.06. The molecular formula is C15H16F2N2. The fraction of sp³-hybridized carbons (Fsp3) is 0.200. The Hall–Kier alpha value is -1.94. The van der Waals surface area contributed by atoms with Gasteiger partial charge >= 0.3 is 0 Å². The second-order valence-electron chi connectivity index (χ2n) is 4.47. The highest BCUT2D eigenvalue weighted by Crippen LogP contribution is 2.32. The van der Waals surface area contributed by atoms with Crippen LogP contribution >= 0.6 is 0 Å². The first-order valence-corrected chi connectivity index (χ1v) is 6.04. The van der Waals surface area contributed by atoms with Crippen LogP contribution in [0.5, 0.6) is 0 Å². The Bertz CT molecular complexity index is 582. The number of hydrogen-bond donors (Lipinski definition) is 1. The Kier molecular flexibility index (Phi) is 3.81. The number of rotatable bonds is 3. The van der Waals surface area contributed by atoms with Crippen LogP contribution < -0.4 is 10.6 Å². The predicted molar refractivity (Wildman–Crippen MR) is 73.5 cm³/mol. The summed E-state index contributed by atoms with van der Waals surface area (Å²) >= 11 is 0. The maximum Gasteiger partial charge on any atom is 0.146 e. The zero-order chi connectivity index (χ0) is 14.0. The van der Waals surface area contributed by atoms with Gasteiger partial charge in [-0.15, -0.1) is 0 Å². The summed E-state index contributed by atoms with van der Waals surface area (Å²) in [7, 11) is 1.69. The number of hydrogen-bond acceptors (Lipinski definition) is 2. The van der Waals surface area contributed by atoms with Crippen molar-refractivity contribution in [1.29, 1.82) is 0 Å². The van der Waals surface area contributed by atoms with E-state index in [1.807, 2.05) is 0 Å². The SMILES string of the molecule is C[C@H](N)c1c(F)cccc1N(C)c1ccccc1F. The molecule has 0 saturated heterocycles. The van der Waals surface area contributed by atoms with Gasteiger partial charge in [-0.3, -0.25) is 0 Å². The fourth-order valence-corrected chi connectivity index (χ4v) is 2.12. The molecule has 0 heterocycles. The van der Waals surface area contributed by atoms with Gasteiger partial charge in [-0.05, 0) is 31.2 Å². The first-order valence-electron chi connectivity index (χ1n) is 6.04. The molecule has 0 spiro atoms. The van der Waals surface area contributed by atoms with E-state index in [0.29, 0.717) is 16.9 Å². The van der Waals surface area contributed by atoms with Crippen molar-refractivity contribution in [3.05, 3.63) is 59.7 Å². The average molecular weight is 262 g/mol. The van der Waals surface area contributed by atoms with Crippen molar-refractivity contribution in [2.45, 2.75) is 13.0 Å². The van der Waals surface area contributed by atoms with E-state index in [1.54, 1.807) is 49.2 Å². The summed E-state index contributed by atoms with van der Waals surface area (Å²) in [4.78, 5) is 1.61. The van der Waals surface area contributed by atoms with Crippen LogP contribution in [-0.4, -0.2) is 7.05 Å². The highest BCUT2D eigenvalue weighted by atomic mass is 19.1. The van der Waals surface area contributed by atoms with Gasteiger partial charge in [0.05, 0.1) is 5.69 Å². The predicted octanol–water partition coefficient (Wildman–Crippen LogP) is 3.75. The van der Waals surface area contributed by atoms with Crippen molar-refractivity contribution in [2.24, 2.45) is 5.73 Å². The smallest absolute Gasteiger partial charge is 0.146 e. The first kappa shape index (κ1) is 13.5. The minimum Gasteiger partial charge on any atom is -0.342 e. The van der Waals surface area contributed by atoms with Gasteiger partial charge in [0.25, 0.3) is 0 Å². The maximum atomic E-state index is 13.9. The molecule has 19 heavy (non-hydrogen) atoms. The third kappa shape index (κ3) is 2.58. The Morgan fingerprint density at radius 2 is 1.53 bits per heavy atom. The summed E-state index contributed by atoms with van der Waals surface area (Å²) in [6.45, 7) is 1.71. The standard InChI is InChI=1S/C15H16F2N2/c1-10(18)15-12(17)7-5-9-14(15)19(2)13-8-4-3-6-11(13)16/h3-10H,18H2,1-2H3/t10-/m0/s1. The van der Waals surface area contributed by atoms with Crippen LogP contribution in [0.15, 0.2) is 42.5 Å². The lowest BCUT2D eigenvalue weighted by Gasteiger charge is -2.24. The summed E-state index contributed by atoms with van der Waals surface area (Å²) in [6, 6.07) is 10.6. The molecule has 2 aromatic carbocycles. The van der Waals surface area contributed by atoms with Crippen LogP contribution in [0.25, 0.3) is 0 Å². The molecule has 4 heteroatoms. The van der Waals surface area contributed by atoms with Crippen LogP contribution in [-0.2, 0) is 0 Å². The number of nitrogens with zero attached hydrogens (tertiary/aromatic N) is 1. The third-order valence-corrected chi connectivity index (χ3v) is 3.06. The molecule has 2 N–H and O–H groups in total. The minimum absolute atomic E-state index is 0.357. The van der Waals surface area contributed by atoms with Gasteiger partial charge in [0.1, 0.15) is 11.6 Å². The second-order valence-corrected chi connectivity index (χ2v) is 4.47. The molecule has 2 rings (SSSR count). The molecule has 0 aliphatic heterocycles. The van der Waals surface area contributed by atoms with E-state index >= 15 is 0 Å². The molecule has 0 aliphatic carbocycles. The molecule has 1 atom stereocenters. The largest absolute Gasteiger partial charge is 0.342 e. The molecule has 0 aliphatic rings. The molecule has 0 fully saturated rings. The second kappa shape index (κ2) is 5.36. The summed E-state index contributed by atoms with van der Waals surface area (Å²) in [6.07, 6.45) is 0. The topological polar surface area (TPSA) is 29.3 Å². The Balaban J connectivity index is 2.54. The molecule has 2 nitrogen and oxygen atoms in total. The van der Waals surface area contributed by atoms with Crippen molar-refractivity contribution in [3.8, 4) is 0 Å². The number of benzene rings is 2. The van der Waals surface area contributed by atoms with Crippen molar-refractivity contribution >= 4 is 11.4 Å². The van der Waals surface area contributed by atoms with E-state index in [9.17, 15) is 8.78 Å². The average Bonchev–Trinajstić information content (AvgIpc) is 2.37. The lowest BCUT2D eigenvalue weighted by molar-refractivity contribution is 0.593. The van der Waals surface area contributed by atoms with Crippen molar-refractivity contribution in [3.63, 3.8) is 0 Å². The van der Waals surface area contributed by atoms with Crippen LogP contribution in [0.1, 0.15) is 18.5 Å². The molecule has 0 unspecified atom stereocenters. The maximum absolute atomic E-state index is 13.9. The highest BCUT2D eigenvalue weighted by Gasteiger charge is 2.17. The Morgan fingerprint density at radius 3 is 2.16 bits per heavy atom. The van der Waals surface area contributed by atoms with Gasteiger partial charge in [0.15, 0.2) is 0 Å². The summed E-state index contributed by atoms with van der Waals surface area (Å²) in [5.74, 6) is -0.736. The number of para-hydroxylation sites is 1. The van der Waals surface area contributed by atoms with Gasteiger partial charge in [-0.25, -0.2) is 8.78 Å². The lowest BCUT2D eigenvalue weighted by Crippen LogP contribution is -2.18. The number of nitrogens with two attached hydrogens (primary N) is 1. The monoisotopic (exact) mass is 262 g/mol. The summed E-state index contributed by atoms with van der Waals surface area (Å²) in [5.41, 5.74) is 7.15. The van der Waals surface area contributed by atoms with E-state index in [-0.39, 0.29) is 11.6 Å². The molecule has 2 aromatic rings. The van der Waals surface area contributed by atoms with Crippen molar-refractivity contribution < 1.29 is 8.78 Å². The van der Waals surface area contributed by atoms with E-state index < -0.39 is 6.04 Å². The van der Waals surface area contributed by atoms with Crippen LogP contribution in [0, 0.1) is 11.6 Å². The minimum atomic E-state index is -0.467. The van der Waals surface area contributed by atoms with Crippen molar-refractivity contribution in [2.75, 3.05) is 11.9 Å². The fourth-order valence-electron chi connectivity index (χ4n) is 2.12. The van der Waals surface area contributed by atoms with E-state index in [0.717, 1.165) is 0 Å². The van der Waals surface area contributed by atoms with Gasteiger partial charge in [0, 0.05) is 24.3 Å². The molecule has 0 amide bonds. The van der Waals surface area contributed by atoms with Crippen LogP contribution in [0.2, 0.25) is 0 Å². The number of anilines is 2. The van der Waals surface area contributed by atoms with E-state index in [4.69, 9.17) is 5.73 Å². The molecular weight excluding hydrogens is 246 g/mol. The zero-order valence-electron chi connectivity index (χ0n) is 10.9. The lowest BCUT2D eigenvalue weighted by atomic mass is 10.0. The van der Waals surface area contributed by atoms with E-state index in [2.05, 4.69) is 0 Å².